The van der Waals surface area contributed by atoms with E-state index in [-0.39, 0.29) is 10.7 Å². The Bertz CT molecular complexity index is 617. The Labute approximate surface area is 117 Å². The van der Waals surface area contributed by atoms with Crippen LogP contribution in [0.3, 0.4) is 0 Å². The highest BCUT2D eigenvalue weighted by atomic mass is 32.2. The summed E-state index contributed by atoms with van der Waals surface area (Å²) in [4.78, 5) is 17.8. The van der Waals surface area contributed by atoms with Gasteiger partial charge in [-0.3, -0.25) is 4.79 Å². The molecule has 3 rings (SSSR count). The Hall–Kier alpha value is -1.42. The average Bonchev–Trinajstić information content (AvgIpc) is 2.84. The lowest BCUT2D eigenvalue weighted by Gasteiger charge is -2.37. The minimum absolute atomic E-state index is 0.151. The van der Waals surface area contributed by atoms with Gasteiger partial charge >= 0.3 is 0 Å². The molecule has 2 aromatic rings. The molecular weight excluding hydrogens is 256 g/mol. The van der Waals surface area contributed by atoms with Gasteiger partial charge in [-0.15, -0.1) is 0 Å². The van der Waals surface area contributed by atoms with Crippen LogP contribution < -0.4 is 0 Å². The van der Waals surface area contributed by atoms with Gasteiger partial charge in [-0.05, 0) is 32.0 Å². The highest BCUT2D eigenvalue weighted by Gasteiger charge is 2.30. The third-order valence-electron chi connectivity index (χ3n) is 3.54. The van der Waals surface area contributed by atoms with E-state index in [1.54, 1.807) is 0 Å². The number of nitrogens with one attached hydrogen (secondary N) is 1. The number of amides is 1. The van der Waals surface area contributed by atoms with Crippen LogP contribution in [0.15, 0.2) is 30.5 Å². The van der Waals surface area contributed by atoms with Gasteiger partial charge in [0.25, 0.3) is 5.91 Å². The number of aromatic amines is 1. The fourth-order valence-electron chi connectivity index (χ4n) is 2.63. The van der Waals surface area contributed by atoms with Crippen molar-refractivity contribution < 1.29 is 4.79 Å². The summed E-state index contributed by atoms with van der Waals surface area (Å²) in [6.45, 7) is 6.06. The molecule has 0 aliphatic carbocycles. The number of aromatic nitrogens is 1. The lowest BCUT2D eigenvalue weighted by molar-refractivity contribution is 0.0750. The first-order valence-corrected chi connectivity index (χ1v) is 7.55. The summed E-state index contributed by atoms with van der Waals surface area (Å²) in [6, 6.07) is 7.84. The van der Waals surface area contributed by atoms with Crippen molar-refractivity contribution in [2.45, 2.75) is 18.6 Å². The first kappa shape index (κ1) is 12.6. The molecule has 0 saturated carbocycles. The van der Waals surface area contributed by atoms with Crippen LogP contribution in [0.4, 0.5) is 0 Å². The summed E-state index contributed by atoms with van der Waals surface area (Å²) in [5, 5.41) is 1.02. The van der Waals surface area contributed by atoms with Crippen LogP contribution >= 0.6 is 11.8 Å². The molecule has 0 bridgehead atoms. The van der Waals surface area contributed by atoms with Crippen LogP contribution in [0, 0.1) is 0 Å². The molecule has 1 aromatic carbocycles. The molecule has 0 unspecified atom stereocenters. The fraction of sp³-hybridized carbons (Fsp3) is 0.400. The van der Waals surface area contributed by atoms with Gasteiger partial charge in [0.2, 0.25) is 0 Å². The Balaban J connectivity index is 1.93. The standard InChI is InChI=1S/C15H18N2OS/c1-15(2)10-17(8-9-19-15)14(18)12-4-3-5-13-11(12)6-7-16-13/h3-7,16H,8-10H2,1-2H3. The molecule has 3 nitrogen and oxygen atoms in total. The molecule has 0 spiro atoms. The number of benzene rings is 1. The topological polar surface area (TPSA) is 36.1 Å². The Morgan fingerprint density at radius 3 is 3.00 bits per heavy atom. The predicted octanol–water partition coefficient (Wildman–Crippen LogP) is 3.14. The number of fused-ring (bicyclic) bond motifs is 1. The van der Waals surface area contributed by atoms with Crippen molar-refractivity contribution in [2.75, 3.05) is 18.8 Å². The van der Waals surface area contributed by atoms with Crippen LogP contribution in [0.1, 0.15) is 24.2 Å². The normalized spacial score (nSPS) is 18.7. The molecule has 1 aliphatic heterocycles. The Kier molecular flexibility index (Phi) is 3.05. The minimum Gasteiger partial charge on any atom is -0.361 e. The first-order valence-electron chi connectivity index (χ1n) is 6.56. The van der Waals surface area contributed by atoms with E-state index in [9.17, 15) is 4.79 Å². The van der Waals surface area contributed by atoms with E-state index in [2.05, 4.69) is 18.8 Å². The number of nitrogens with zero attached hydrogens (tertiary/aromatic N) is 1. The summed E-state index contributed by atoms with van der Waals surface area (Å²) in [5.41, 5.74) is 1.83. The molecule has 100 valence electrons. The second-order valence-electron chi connectivity index (χ2n) is 5.58. The minimum atomic E-state index is 0.151. The van der Waals surface area contributed by atoms with Crippen LogP contribution in [0.5, 0.6) is 0 Å². The van der Waals surface area contributed by atoms with Crippen molar-refractivity contribution in [1.29, 1.82) is 0 Å². The molecule has 1 aliphatic rings. The molecule has 1 saturated heterocycles. The van der Waals surface area contributed by atoms with Crippen molar-refractivity contribution in [3.8, 4) is 0 Å². The Morgan fingerprint density at radius 2 is 2.21 bits per heavy atom. The van der Waals surface area contributed by atoms with Gasteiger partial charge in [0.1, 0.15) is 0 Å². The van der Waals surface area contributed by atoms with Crippen molar-refractivity contribution >= 4 is 28.6 Å². The van der Waals surface area contributed by atoms with Crippen molar-refractivity contribution in [2.24, 2.45) is 0 Å². The molecule has 1 N–H and O–H groups in total. The van der Waals surface area contributed by atoms with Crippen molar-refractivity contribution in [3.63, 3.8) is 0 Å². The number of rotatable bonds is 1. The fourth-order valence-corrected chi connectivity index (χ4v) is 3.74. The van der Waals surface area contributed by atoms with Gasteiger partial charge in [0.05, 0.1) is 0 Å². The maximum Gasteiger partial charge on any atom is 0.254 e. The largest absolute Gasteiger partial charge is 0.361 e. The van der Waals surface area contributed by atoms with E-state index in [0.717, 1.165) is 35.3 Å². The molecule has 1 fully saturated rings. The molecule has 4 heteroatoms. The molecule has 19 heavy (non-hydrogen) atoms. The van der Waals surface area contributed by atoms with Crippen LogP contribution in [-0.4, -0.2) is 39.4 Å². The SMILES string of the molecule is CC1(C)CN(C(=O)c2cccc3[nH]ccc23)CCS1. The summed E-state index contributed by atoms with van der Waals surface area (Å²) in [6.07, 6.45) is 1.89. The number of carbonyl (C=O) groups excluding carboxylic acids is 1. The monoisotopic (exact) mass is 274 g/mol. The van der Waals surface area contributed by atoms with Crippen LogP contribution in [0.25, 0.3) is 10.9 Å². The van der Waals surface area contributed by atoms with Gasteiger partial charge in [-0.2, -0.15) is 11.8 Å². The van der Waals surface area contributed by atoms with E-state index in [1.807, 2.05) is 47.1 Å². The van der Waals surface area contributed by atoms with Crippen LogP contribution in [0.2, 0.25) is 0 Å². The van der Waals surface area contributed by atoms with E-state index in [0.29, 0.717) is 0 Å². The quantitative estimate of drug-likeness (QED) is 0.867. The highest BCUT2D eigenvalue weighted by molar-refractivity contribution is 8.00. The lowest BCUT2D eigenvalue weighted by Crippen LogP contribution is -2.46. The average molecular weight is 274 g/mol. The summed E-state index contributed by atoms with van der Waals surface area (Å²) in [5.74, 6) is 1.17. The van der Waals surface area contributed by atoms with Gasteiger partial charge in [0.15, 0.2) is 0 Å². The van der Waals surface area contributed by atoms with Crippen LogP contribution in [-0.2, 0) is 0 Å². The number of thioether (sulfide) groups is 1. The second kappa shape index (κ2) is 4.60. The molecular formula is C15H18N2OS. The van der Waals surface area contributed by atoms with E-state index in [4.69, 9.17) is 0 Å². The third-order valence-corrected chi connectivity index (χ3v) is 4.84. The zero-order valence-corrected chi connectivity index (χ0v) is 12.1. The zero-order valence-electron chi connectivity index (χ0n) is 11.3. The summed E-state index contributed by atoms with van der Waals surface area (Å²) in [7, 11) is 0. The molecule has 1 aromatic heterocycles. The number of H-pyrrole nitrogens is 1. The first-order chi connectivity index (χ1) is 9.07. The van der Waals surface area contributed by atoms with E-state index < -0.39 is 0 Å². The summed E-state index contributed by atoms with van der Waals surface area (Å²) >= 11 is 1.94. The Morgan fingerprint density at radius 1 is 1.37 bits per heavy atom. The summed E-state index contributed by atoms with van der Waals surface area (Å²) < 4.78 is 0.153. The molecule has 0 radical (unpaired) electrons. The zero-order chi connectivity index (χ0) is 13.5. The van der Waals surface area contributed by atoms with Gasteiger partial charge < -0.3 is 9.88 Å². The number of carbonyl (C=O) groups is 1. The van der Waals surface area contributed by atoms with Gasteiger partial charge in [-0.25, -0.2) is 0 Å². The lowest BCUT2D eigenvalue weighted by atomic mass is 10.1. The number of hydrogen-bond donors (Lipinski definition) is 1. The molecule has 2 heterocycles. The van der Waals surface area contributed by atoms with Crippen molar-refractivity contribution in [1.82, 2.24) is 9.88 Å². The smallest absolute Gasteiger partial charge is 0.254 e. The molecule has 0 atom stereocenters. The van der Waals surface area contributed by atoms with Crippen molar-refractivity contribution in [3.05, 3.63) is 36.0 Å². The van der Waals surface area contributed by atoms with Gasteiger partial charge in [-0.1, -0.05) is 6.07 Å². The maximum atomic E-state index is 12.7. The van der Waals surface area contributed by atoms with E-state index in [1.165, 1.54) is 0 Å². The van der Waals surface area contributed by atoms with E-state index >= 15 is 0 Å². The maximum absolute atomic E-state index is 12.7. The molecule has 1 amide bonds. The number of hydrogen-bond acceptors (Lipinski definition) is 2. The predicted molar refractivity (Wildman–Crippen MR) is 80.7 cm³/mol. The third kappa shape index (κ3) is 2.37. The highest BCUT2D eigenvalue weighted by Crippen LogP contribution is 2.31. The second-order valence-corrected chi connectivity index (χ2v) is 7.38. The van der Waals surface area contributed by atoms with Gasteiger partial charge in [0, 0.05) is 46.3 Å².